The van der Waals surface area contributed by atoms with Crippen LogP contribution in [0.4, 0.5) is 5.69 Å². The van der Waals surface area contributed by atoms with Gasteiger partial charge in [0.15, 0.2) is 12.1 Å². The number of carbonyl (C=O) groups excluding carboxylic acids is 3. The molecule has 49 heavy (non-hydrogen) atoms. The van der Waals surface area contributed by atoms with Crippen molar-refractivity contribution in [3.63, 3.8) is 0 Å². The lowest BCUT2D eigenvalue weighted by Crippen LogP contribution is -2.45. The van der Waals surface area contributed by atoms with E-state index in [0.29, 0.717) is 24.7 Å². The molecule has 252 valence electrons. The molecule has 3 heterocycles. The first-order valence-electron chi connectivity index (χ1n) is 16.7. The summed E-state index contributed by atoms with van der Waals surface area (Å²) < 4.78 is 16.7. The van der Waals surface area contributed by atoms with Crippen LogP contribution in [-0.2, 0) is 14.4 Å². The van der Waals surface area contributed by atoms with Crippen molar-refractivity contribution in [1.29, 1.82) is 0 Å². The fourth-order valence-electron chi connectivity index (χ4n) is 7.11. The summed E-state index contributed by atoms with van der Waals surface area (Å²) in [5.74, 6) is 0.530. The Hall–Kier alpha value is -5.52. The summed E-state index contributed by atoms with van der Waals surface area (Å²) in [7, 11) is 1.48. The number of benzene rings is 3. The summed E-state index contributed by atoms with van der Waals surface area (Å²) in [5, 5.41) is 16.1. The molecule has 1 saturated carbocycles. The Morgan fingerprint density at radius 3 is 2.29 bits per heavy atom. The number of nitrogens with zero attached hydrogens (tertiary/aromatic N) is 6. The maximum absolute atomic E-state index is 14.3. The average molecular weight is 663 g/mol. The Balaban J connectivity index is 1.18. The van der Waals surface area contributed by atoms with Crippen LogP contribution < -0.4 is 19.1 Å². The van der Waals surface area contributed by atoms with E-state index in [1.54, 1.807) is 24.3 Å². The number of methoxy groups -OCH3 is 1. The Bertz CT molecular complexity index is 1840. The highest BCUT2D eigenvalue weighted by molar-refractivity contribution is 6.26. The fourth-order valence-corrected chi connectivity index (χ4v) is 7.11. The maximum Gasteiger partial charge on any atom is 0.264 e. The van der Waals surface area contributed by atoms with Crippen LogP contribution in [0.15, 0.2) is 93.8 Å². The van der Waals surface area contributed by atoms with Crippen molar-refractivity contribution in [2.45, 2.75) is 51.2 Å². The number of imide groups is 1. The number of fused-ring (bicyclic) bond motifs is 2. The maximum atomic E-state index is 14.3. The van der Waals surface area contributed by atoms with E-state index >= 15 is 0 Å². The van der Waals surface area contributed by atoms with Crippen LogP contribution >= 0.6 is 0 Å². The Labute approximate surface area is 284 Å². The minimum atomic E-state index is -1.05. The molecule has 0 bridgehead atoms. The van der Waals surface area contributed by atoms with Gasteiger partial charge in [-0.3, -0.25) is 19.4 Å². The predicted octanol–water partition coefficient (Wildman–Crippen LogP) is 5.61. The van der Waals surface area contributed by atoms with E-state index in [0.717, 1.165) is 58.1 Å². The molecule has 0 radical (unpaired) electrons. The number of amides is 3. The molecule has 3 amide bonds. The first-order valence-corrected chi connectivity index (χ1v) is 16.7. The molecule has 0 aromatic heterocycles. The van der Waals surface area contributed by atoms with Gasteiger partial charge in [0, 0.05) is 5.92 Å². The molecule has 12 nitrogen and oxygen atoms in total. The summed E-state index contributed by atoms with van der Waals surface area (Å²) in [6.07, 6.45) is 4.77. The Kier molecular flexibility index (Phi) is 8.85. The van der Waals surface area contributed by atoms with Gasteiger partial charge in [-0.1, -0.05) is 41.6 Å². The van der Waals surface area contributed by atoms with Crippen LogP contribution in [-0.4, -0.2) is 72.4 Å². The third kappa shape index (κ3) is 5.92. The zero-order chi connectivity index (χ0) is 34.1. The summed E-state index contributed by atoms with van der Waals surface area (Å²) in [6.45, 7) is 4.76. The Morgan fingerprint density at radius 1 is 0.898 bits per heavy atom. The van der Waals surface area contributed by atoms with Crippen LogP contribution in [0.1, 0.15) is 50.3 Å². The van der Waals surface area contributed by atoms with Crippen molar-refractivity contribution in [3.8, 4) is 17.2 Å². The summed E-state index contributed by atoms with van der Waals surface area (Å²) in [5.41, 5.74) is 4.24. The van der Waals surface area contributed by atoms with Gasteiger partial charge in [-0.05, 0) is 92.3 Å². The third-order valence-corrected chi connectivity index (χ3v) is 9.30. The smallest absolute Gasteiger partial charge is 0.264 e. The second-order valence-corrected chi connectivity index (χ2v) is 12.2. The third-order valence-electron chi connectivity index (χ3n) is 9.30. The van der Waals surface area contributed by atoms with E-state index in [1.165, 1.54) is 17.1 Å². The van der Waals surface area contributed by atoms with E-state index < -0.39 is 23.9 Å². The lowest BCUT2D eigenvalue weighted by atomic mass is 9.77. The molecule has 0 unspecified atom stereocenters. The zero-order valence-corrected chi connectivity index (χ0v) is 27.7. The van der Waals surface area contributed by atoms with Crippen LogP contribution in [0, 0.1) is 5.92 Å². The largest absolute Gasteiger partial charge is 0.495 e. The van der Waals surface area contributed by atoms with Gasteiger partial charge in [0.2, 0.25) is 0 Å². The van der Waals surface area contributed by atoms with Crippen LogP contribution in [0.3, 0.4) is 0 Å². The number of allylic oxidation sites excluding steroid dienone is 1. The number of anilines is 1. The second-order valence-electron chi connectivity index (χ2n) is 12.2. The van der Waals surface area contributed by atoms with Gasteiger partial charge >= 0.3 is 0 Å². The average Bonchev–Trinajstić information content (AvgIpc) is 3.79. The highest BCUT2D eigenvalue weighted by atomic mass is 16.5. The molecule has 0 spiro atoms. The number of rotatable bonds is 10. The second kappa shape index (κ2) is 13.5. The lowest BCUT2D eigenvalue weighted by Gasteiger charge is -2.30. The molecule has 3 aromatic rings. The van der Waals surface area contributed by atoms with Crippen molar-refractivity contribution in [2.75, 3.05) is 31.8 Å². The SMILES string of the molecule is CCOc1ccc(/C=C2\CCC[C@@H]3C2=NN(C(=O)CN2N=N[C@@H]4C(=O)N(c5ccccc5OC)C(=O)[C@H]42)[C@@H]3c2ccc(OCC)cc2)cc1. The van der Waals surface area contributed by atoms with Gasteiger partial charge in [0.1, 0.15) is 23.8 Å². The predicted molar refractivity (Wildman–Crippen MR) is 182 cm³/mol. The van der Waals surface area contributed by atoms with E-state index in [9.17, 15) is 14.4 Å². The number of para-hydroxylation sites is 2. The van der Waals surface area contributed by atoms with Gasteiger partial charge in [0.25, 0.3) is 17.7 Å². The van der Waals surface area contributed by atoms with Gasteiger partial charge < -0.3 is 14.2 Å². The molecular formula is C37H38N6O6. The molecule has 4 atom stereocenters. The molecule has 7 rings (SSSR count). The monoisotopic (exact) mass is 662 g/mol. The van der Waals surface area contributed by atoms with Crippen molar-refractivity contribution >= 4 is 35.2 Å². The van der Waals surface area contributed by atoms with Gasteiger partial charge in [-0.15, -0.1) is 0 Å². The molecule has 3 aromatic carbocycles. The van der Waals surface area contributed by atoms with Crippen LogP contribution in [0.5, 0.6) is 17.2 Å². The lowest BCUT2D eigenvalue weighted by molar-refractivity contribution is -0.136. The number of hydrogen-bond donors (Lipinski definition) is 0. The first kappa shape index (κ1) is 32.0. The molecule has 2 fully saturated rings. The topological polar surface area (TPSA) is 126 Å². The quantitative estimate of drug-likeness (QED) is 0.259. The summed E-state index contributed by atoms with van der Waals surface area (Å²) in [6, 6.07) is 20.1. The van der Waals surface area contributed by atoms with E-state index in [1.807, 2.05) is 62.4 Å². The van der Waals surface area contributed by atoms with Crippen molar-refractivity contribution in [2.24, 2.45) is 21.4 Å². The van der Waals surface area contributed by atoms with Gasteiger partial charge in [0.05, 0.1) is 37.8 Å². The van der Waals surface area contributed by atoms with Crippen molar-refractivity contribution < 1.29 is 28.6 Å². The number of hydrazone groups is 1. The van der Waals surface area contributed by atoms with Crippen molar-refractivity contribution in [1.82, 2.24) is 10.0 Å². The summed E-state index contributed by atoms with van der Waals surface area (Å²) >= 11 is 0. The van der Waals surface area contributed by atoms with Crippen molar-refractivity contribution in [3.05, 3.63) is 89.5 Å². The van der Waals surface area contributed by atoms with E-state index in [2.05, 4.69) is 16.4 Å². The minimum Gasteiger partial charge on any atom is -0.495 e. The molecule has 4 aliphatic rings. The van der Waals surface area contributed by atoms with Crippen LogP contribution in [0.25, 0.3) is 6.08 Å². The first-order chi connectivity index (χ1) is 23.9. The zero-order valence-electron chi connectivity index (χ0n) is 27.7. The number of ether oxygens (including phenoxy) is 3. The molecule has 3 aliphatic heterocycles. The normalized spacial score (nSPS) is 23.5. The Morgan fingerprint density at radius 2 is 1.59 bits per heavy atom. The molecule has 1 saturated heterocycles. The molecular weight excluding hydrogens is 624 g/mol. The standard InChI is InChI=1S/C37H38N6O6/c1-4-48-26-17-13-23(14-18-26)21-25-9-8-10-28-32(25)39-43(34(28)24-15-19-27(20-16-24)49-5-2)31(44)22-41-35-33(38-40-41)36(45)42(37(35)46)29-11-6-7-12-30(29)47-3/h6-7,11-21,28,33-35H,4-5,8-10,22H2,1-3H3/b25-21+/t28-,33+,34-,35+/m1/s1. The van der Waals surface area contributed by atoms with E-state index in [4.69, 9.17) is 19.3 Å². The number of carbonyl (C=O) groups is 3. The number of hydrogen-bond acceptors (Lipinski definition) is 10. The minimum absolute atomic E-state index is 0.0340. The molecule has 0 N–H and O–H groups in total. The molecule has 1 aliphatic carbocycles. The molecule has 12 heteroatoms. The highest BCUT2D eigenvalue weighted by Crippen LogP contribution is 2.45. The van der Waals surface area contributed by atoms with E-state index in [-0.39, 0.29) is 24.4 Å². The van der Waals surface area contributed by atoms with Gasteiger partial charge in [-0.25, -0.2) is 9.91 Å². The highest BCUT2D eigenvalue weighted by Gasteiger charge is 2.56. The summed E-state index contributed by atoms with van der Waals surface area (Å²) in [4.78, 5) is 42.5. The fraction of sp³-hybridized carbons (Fsp3) is 0.351. The van der Waals surface area contributed by atoms with Gasteiger partial charge in [-0.2, -0.15) is 10.2 Å². The van der Waals surface area contributed by atoms with Crippen LogP contribution in [0.2, 0.25) is 0 Å².